The van der Waals surface area contributed by atoms with Crippen LogP contribution in [-0.4, -0.2) is 11.0 Å². The summed E-state index contributed by atoms with van der Waals surface area (Å²) in [5, 5.41) is 13.2. The van der Waals surface area contributed by atoms with E-state index in [1.54, 1.807) is 24.3 Å². The first-order valence-electron chi connectivity index (χ1n) is 8.57. The lowest BCUT2D eigenvalue weighted by Gasteiger charge is -2.06. The highest BCUT2D eigenvalue weighted by atomic mass is 35.5. The number of amides is 1. The number of furan rings is 1. The van der Waals surface area contributed by atoms with Crippen LogP contribution in [0.2, 0.25) is 5.02 Å². The molecule has 6 nitrogen and oxygen atoms in total. The van der Waals surface area contributed by atoms with Crippen LogP contribution in [0.25, 0.3) is 11.0 Å². The highest BCUT2D eigenvalue weighted by Gasteiger charge is 2.14. The average Bonchev–Trinajstić information content (AvgIpc) is 3.21. The zero-order valence-corrected chi connectivity index (χ0v) is 15.6. The summed E-state index contributed by atoms with van der Waals surface area (Å²) < 4.78 is 25.1. The minimum absolute atomic E-state index is 0.0140. The van der Waals surface area contributed by atoms with Gasteiger partial charge in [0.15, 0.2) is 0 Å². The van der Waals surface area contributed by atoms with E-state index < -0.39 is 11.7 Å². The molecule has 2 N–H and O–H groups in total. The van der Waals surface area contributed by atoms with E-state index in [-0.39, 0.29) is 34.1 Å². The summed E-state index contributed by atoms with van der Waals surface area (Å²) in [6.07, 6.45) is 1.50. The molecule has 0 radical (unpaired) electrons. The van der Waals surface area contributed by atoms with Gasteiger partial charge in [0.05, 0.1) is 12.8 Å². The molecule has 146 valence electrons. The van der Waals surface area contributed by atoms with Crippen molar-refractivity contribution in [2.45, 2.75) is 6.54 Å². The number of phenolic OH excluding ortho intramolecular Hbond substituents is 1. The van der Waals surface area contributed by atoms with Crippen LogP contribution in [0, 0.1) is 5.82 Å². The van der Waals surface area contributed by atoms with E-state index in [1.807, 2.05) is 0 Å². The second-order valence-electron chi connectivity index (χ2n) is 6.16. The number of carbonyl (C=O) groups excluding carboxylic acids is 1. The normalized spacial score (nSPS) is 11.7. The quantitative estimate of drug-likeness (QED) is 0.509. The summed E-state index contributed by atoms with van der Waals surface area (Å²) in [5.41, 5.74) is 0.240. The summed E-state index contributed by atoms with van der Waals surface area (Å²) in [7, 11) is 0. The maximum Gasteiger partial charge on any atom is 0.257 e. The minimum atomic E-state index is -0.661. The molecule has 2 aromatic carbocycles. The van der Waals surface area contributed by atoms with Gasteiger partial charge in [0, 0.05) is 16.5 Å². The predicted octanol–water partition coefficient (Wildman–Crippen LogP) is 4.69. The number of hydrogen-bond donors (Lipinski definition) is 2. The maximum absolute atomic E-state index is 14.2. The summed E-state index contributed by atoms with van der Waals surface area (Å²) in [5.74, 6) is -0.581. The number of carbonyl (C=O) groups is 1. The molecule has 0 spiro atoms. The van der Waals surface area contributed by atoms with Gasteiger partial charge in [-0.25, -0.2) is 9.38 Å². The van der Waals surface area contributed by atoms with Crippen molar-refractivity contribution in [1.82, 2.24) is 5.32 Å². The topological polar surface area (TPSA) is 88.0 Å². The molecule has 0 aliphatic carbocycles. The second-order valence-corrected chi connectivity index (χ2v) is 6.59. The number of rotatable bonds is 4. The van der Waals surface area contributed by atoms with Crippen molar-refractivity contribution in [3.63, 3.8) is 0 Å². The van der Waals surface area contributed by atoms with Crippen molar-refractivity contribution >= 4 is 34.2 Å². The minimum Gasteiger partial charge on any atom is -0.508 e. The average molecular weight is 413 g/mol. The summed E-state index contributed by atoms with van der Waals surface area (Å²) >= 11 is 5.78. The zero-order valence-electron chi connectivity index (χ0n) is 14.9. The van der Waals surface area contributed by atoms with Gasteiger partial charge in [-0.15, -0.1) is 0 Å². The Labute approximate surface area is 168 Å². The van der Waals surface area contributed by atoms with Crippen LogP contribution in [-0.2, 0) is 6.54 Å². The molecule has 4 aromatic rings. The molecule has 2 heterocycles. The molecule has 0 atom stereocenters. The number of phenols is 1. The van der Waals surface area contributed by atoms with Gasteiger partial charge in [0.1, 0.15) is 34.2 Å². The highest BCUT2D eigenvalue weighted by Crippen LogP contribution is 2.23. The van der Waals surface area contributed by atoms with Crippen molar-refractivity contribution in [2.75, 3.05) is 0 Å². The lowest BCUT2D eigenvalue weighted by atomic mass is 10.1. The van der Waals surface area contributed by atoms with Gasteiger partial charge in [-0.1, -0.05) is 11.6 Å². The van der Waals surface area contributed by atoms with Crippen molar-refractivity contribution in [3.05, 3.63) is 88.6 Å². The smallest absolute Gasteiger partial charge is 0.257 e. The molecule has 0 aliphatic heterocycles. The maximum atomic E-state index is 14.2. The number of hydrogen-bond acceptors (Lipinski definition) is 5. The molecule has 0 aliphatic rings. The van der Waals surface area contributed by atoms with E-state index in [0.717, 1.165) is 6.07 Å². The number of halogens is 2. The first kappa shape index (κ1) is 18.8. The summed E-state index contributed by atoms with van der Waals surface area (Å²) in [4.78, 5) is 16.9. The third kappa shape index (κ3) is 4.14. The molecular formula is C21H14ClFN2O4. The molecule has 0 fully saturated rings. The van der Waals surface area contributed by atoms with Crippen molar-refractivity contribution in [1.29, 1.82) is 0 Å². The molecule has 0 unspecified atom stereocenters. The van der Waals surface area contributed by atoms with Crippen LogP contribution in [0.4, 0.5) is 10.1 Å². The van der Waals surface area contributed by atoms with Gasteiger partial charge < -0.3 is 19.3 Å². The predicted molar refractivity (Wildman–Crippen MR) is 104 cm³/mol. The van der Waals surface area contributed by atoms with E-state index >= 15 is 0 Å². The third-order valence-corrected chi connectivity index (χ3v) is 4.35. The van der Waals surface area contributed by atoms with Gasteiger partial charge in [-0.05, 0) is 48.5 Å². The van der Waals surface area contributed by atoms with Gasteiger partial charge in [-0.3, -0.25) is 4.79 Å². The van der Waals surface area contributed by atoms with Crippen molar-refractivity contribution in [2.24, 2.45) is 4.99 Å². The molecule has 1 amide bonds. The van der Waals surface area contributed by atoms with E-state index in [4.69, 9.17) is 20.4 Å². The Morgan fingerprint density at radius 1 is 1.17 bits per heavy atom. The third-order valence-electron chi connectivity index (χ3n) is 4.11. The molecule has 8 heteroatoms. The van der Waals surface area contributed by atoms with Gasteiger partial charge in [-0.2, -0.15) is 0 Å². The Kier molecular flexibility index (Phi) is 5.05. The molecule has 0 bridgehead atoms. The van der Waals surface area contributed by atoms with Crippen LogP contribution in [0.15, 0.2) is 74.7 Å². The van der Waals surface area contributed by atoms with Crippen LogP contribution >= 0.6 is 11.6 Å². The fourth-order valence-corrected chi connectivity index (χ4v) is 2.87. The van der Waals surface area contributed by atoms with Crippen LogP contribution < -0.4 is 10.9 Å². The summed E-state index contributed by atoms with van der Waals surface area (Å²) in [6, 6.07) is 13.4. The van der Waals surface area contributed by atoms with Crippen molar-refractivity contribution < 1.29 is 23.1 Å². The van der Waals surface area contributed by atoms with E-state index in [1.165, 1.54) is 30.5 Å². The van der Waals surface area contributed by atoms with Crippen LogP contribution in [0.5, 0.6) is 5.75 Å². The Bertz CT molecular complexity index is 1270. The zero-order chi connectivity index (χ0) is 20.4. The fraction of sp³-hybridized carbons (Fsp3) is 0.0476. The lowest BCUT2D eigenvalue weighted by molar-refractivity contribution is 0.0944. The van der Waals surface area contributed by atoms with Crippen molar-refractivity contribution in [3.8, 4) is 5.75 Å². The standard InChI is InChI=1S/C21H14ClFN2O4/c22-13-4-6-18(17(23)9-13)25-21-16(20(27)24-11-15-2-1-7-28-15)8-12-3-5-14(26)10-19(12)29-21/h1-10,26H,11H2,(H,24,27). The molecule has 2 aromatic heterocycles. The molecule has 0 saturated heterocycles. The van der Waals surface area contributed by atoms with E-state index in [2.05, 4.69) is 10.3 Å². The van der Waals surface area contributed by atoms with Crippen LogP contribution in [0.1, 0.15) is 16.1 Å². The van der Waals surface area contributed by atoms with Gasteiger partial charge >= 0.3 is 0 Å². The number of nitrogens with zero attached hydrogens (tertiary/aromatic N) is 1. The van der Waals surface area contributed by atoms with Gasteiger partial charge in [0.2, 0.25) is 5.55 Å². The SMILES string of the molecule is O=C(NCc1ccco1)c1cc2ccc(O)cc2oc1=Nc1ccc(Cl)cc1F. The summed E-state index contributed by atoms with van der Waals surface area (Å²) in [6.45, 7) is 0.161. The Hall–Kier alpha value is -3.58. The fourth-order valence-electron chi connectivity index (χ4n) is 2.71. The van der Waals surface area contributed by atoms with E-state index in [9.17, 15) is 14.3 Å². The van der Waals surface area contributed by atoms with E-state index in [0.29, 0.717) is 16.7 Å². The Balaban J connectivity index is 1.82. The first-order chi connectivity index (χ1) is 14.0. The molecule has 29 heavy (non-hydrogen) atoms. The molecular weight excluding hydrogens is 399 g/mol. The lowest BCUT2D eigenvalue weighted by Crippen LogP contribution is -2.28. The molecule has 4 rings (SSSR count). The Morgan fingerprint density at radius 2 is 2.03 bits per heavy atom. The number of fused-ring (bicyclic) bond motifs is 1. The number of nitrogens with one attached hydrogen (secondary N) is 1. The number of aromatic hydroxyl groups is 1. The highest BCUT2D eigenvalue weighted by molar-refractivity contribution is 6.30. The monoisotopic (exact) mass is 412 g/mol. The van der Waals surface area contributed by atoms with Crippen LogP contribution in [0.3, 0.4) is 0 Å². The van der Waals surface area contributed by atoms with Gasteiger partial charge in [0.25, 0.3) is 5.91 Å². The molecule has 0 saturated carbocycles. The second kappa shape index (κ2) is 7.81. The largest absolute Gasteiger partial charge is 0.508 e. The Morgan fingerprint density at radius 3 is 2.79 bits per heavy atom. The first-order valence-corrected chi connectivity index (χ1v) is 8.94. The number of benzene rings is 2.